The van der Waals surface area contributed by atoms with Crippen LogP contribution in [0.5, 0.6) is 0 Å². The van der Waals surface area contributed by atoms with Gasteiger partial charge < -0.3 is 5.73 Å². The molecule has 20 heavy (non-hydrogen) atoms. The first-order valence-corrected chi connectivity index (χ1v) is 6.72. The molecule has 2 aromatic rings. The van der Waals surface area contributed by atoms with Gasteiger partial charge in [-0.25, -0.2) is 0 Å². The molecule has 0 fully saturated rings. The highest BCUT2D eigenvalue weighted by Gasteiger charge is 2.32. The molecule has 0 spiro atoms. The number of benzene rings is 1. The molecule has 0 aliphatic heterocycles. The van der Waals surface area contributed by atoms with Crippen LogP contribution in [0.1, 0.15) is 5.56 Å². The van der Waals surface area contributed by atoms with Crippen LogP contribution in [0.25, 0.3) is 11.3 Å². The lowest BCUT2D eigenvalue weighted by molar-refractivity contribution is -0.137. The lowest BCUT2D eigenvalue weighted by Gasteiger charge is -2.13. The first kappa shape index (κ1) is 15.5. The molecule has 3 nitrogen and oxygen atoms in total. The highest BCUT2D eigenvalue weighted by Crippen LogP contribution is 2.43. The van der Waals surface area contributed by atoms with Crippen molar-refractivity contribution in [2.75, 3.05) is 5.73 Å². The molecule has 0 aliphatic carbocycles. The van der Waals surface area contributed by atoms with Crippen LogP contribution in [0, 0.1) is 0 Å². The molecule has 0 saturated carbocycles. The molecule has 0 radical (unpaired) electrons. The van der Waals surface area contributed by atoms with E-state index in [4.69, 9.17) is 28.9 Å². The Hall–Kier alpha value is -0.920. The molecule has 0 aliphatic rings. The summed E-state index contributed by atoms with van der Waals surface area (Å²) >= 11 is 15.1. The summed E-state index contributed by atoms with van der Waals surface area (Å²) in [5.41, 5.74) is 5.36. The zero-order chi connectivity index (χ0) is 15.2. The second-order valence-corrected chi connectivity index (χ2v) is 5.59. The summed E-state index contributed by atoms with van der Waals surface area (Å²) in [4.78, 5) is 0. The van der Waals surface area contributed by atoms with Gasteiger partial charge in [0.15, 0.2) is 5.82 Å². The molecule has 0 amide bonds. The Balaban J connectivity index is 2.71. The van der Waals surface area contributed by atoms with Gasteiger partial charge in [0.05, 0.1) is 25.8 Å². The van der Waals surface area contributed by atoms with Gasteiger partial charge in [-0.15, -0.1) is 0 Å². The van der Waals surface area contributed by atoms with E-state index in [1.165, 1.54) is 4.68 Å². The van der Waals surface area contributed by atoms with Gasteiger partial charge in [0.25, 0.3) is 0 Å². The smallest absolute Gasteiger partial charge is 0.381 e. The number of halogens is 6. The van der Waals surface area contributed by atoms with Crippen LogP contribution in [0.15, 0.2) is 16.6 Å². The van der Waals surface area contributed by atoms with Crippen molar-refractivity contribution in [2.24, 2.45) is 7.05 Å². The molecule has 1 aromatic heterocycles. The van der Waals surface area contributed by atoms with E-state index < -0.39 is 11.7 Å². The fourth-order valence-electron chi connectivity index (χ4n) is 1.75. The largest absolute Gasteiger partial charge is 0.416 e. The molecule has 0 unspecified atom stereocenters. The van der Waals surface area contributed by atoms with Crippen molar-refractivity contribution >= 4 is 44.9 Å². The van der Waals surface area contributed by atoms with Crippen molar-refractivity contribution in [1.29, 1.82) is 0 Å². The average molecular weight is 389 g/mol. The minimum absolute atomic E-state index is 0.131. The van der Waals surface area contributed by atoms with E-state index in [1.54, 1.807) is 7.05 Å². The van der Waals surface area contributed by atoms with Crippen LogP contribution in [0.3, 0.4) is 0 Å². The van der Waals surface area contributed by atoms with Crippen LogP contribution in [0.4, 0.5) is 19.0 Å². The van der Waals surface area contributed by atoms with Gasteiger partial charge in [-0.2, -0.15) is 18.3 Å². The Bertz CT molecular complexity index is 659. The quantitative estimate of drug-likeness (QED) is 0.765. The van der Waals surface area contributed by atoms with Gasteiger partial charge in [-0.05, 0) is 28.1 Å². The zero-order valence-electron chi connectivity index (χ0n) is 9.89. The predicted octanol–water partition coefficient (Wildman–Crippen LogP) is 4.76. The Morgan fingerprint density at radius 3 is 2.10 bits per heavy atom. The maximum atomic E-state index is 12.7. The standard InChI is InChI=1S/C11H7BrCl2F3N3/c1-20-9(8(12)10(18)19-20)7-5(13)2-4(3-6(7)14)11(15,16)17/h2-3H,1H3,(H2,18,19). The number of anilines is 1. The molecule has 108 valence electrons. The van der Waals surface area contributed by atoms with Crippen molar-refractivity contribution < 1.29 is 13.2 Å². The summed E-state index contributed by atoms with van der Waals surface area (Å²) < 4.78 is 39.9. The van der Waals surface area contributed by atoms with E-state index in [0.717, 1.165) is 12.1 Å². The number of nitrogen functional groups attached to an aromatic ring is 1. The molecule has 2 rings (SSSR count). The van der Waals surface area contributed by atoms with Crippen LogP contribution < -0.4 is 5.73 Å². The first-order valence-electron chi connectivity index (χ1n) is 5.17. The maximum absolute atomic E-state index is 12.7. The zero-order valence-corrected chi connectivity index (χ0v) is 13.0. The fraction of sp³-hybridized carbons (Fsp3) is 0.182. The van der Waals surface area contributed by atoms with Crippen LogP contribution >= 0.6 is 39.1 Å². The molecular formula is C11H7BrCl2F3N3. The molecule has 0 bridgehead atoms. The molecule has 0 saturated heterocycles. The third kappa shape index (κ3) is 2.62. The van der Waals surface area contributed by atoms with Crippen molar-refractivity contribution in [3.63, 3.8) is 0 Å². The lowest BCUT2D eigenvalue weighted by atomic mass is 10.1. The van der Waals surface area contributed by atoms with E-state index >= 15 is 0 Å². The van der Waals surface area contributed by atoms with Gasteiger partial charge in [-0.3, -0.25) is 4.68 Å². The number of aryl methyl sites for hydroxylation is 1. The Morgan fingerprint density at radius 2 is 1.75 bits per heavy atom. The molecular weight excluding hydrogens is 382 g/mol. The molecule has 0 atom stereocenters. The summed E-state index contributed by atoms with van der Waals surface area (Å²) in [7, 11) is 1.58. The second kappa shape index (κ2) is 5.13. The van der Waals surface area contributed by atoms with Crippen LogP contribution in [-0.2, 0) is 13.2 Å². The topological polar surface area (TPSA) is 43.8 Å². The maximum Gasteiger partial charge on any atom is 0.416 e. The van der Waals surface area contributed by atoms with Gasteiger partial charge >= 0.3 is 6.18 Å². The number of nitrogens with zero attached hydrogens (tertiary/aromatic N) is 2. The third-order valence-corrected chi connectivity index (χ3v) is 4.00. The molecule has 9 heteroatoms. The number of nitrogens with two attached hydrogens (primary N) is 1. The SMILES string of the molecule is Cn1nc(N)c(Br)c1-c1c(Cl)cc(C(F)(F)F)cc1Cl. The molecule has 2 N–H and O–H groups in total. The van der Waals surface area contributed by atoms with Crippen LogP contribution in [-0.4, -0.2) is 9.78 Å². The van der Waals surface area contributed by atoms with Crippen molar-refractivity contribution in [1.82, 2.24) is 9.78 Å². The number of hydrogen-bond donors (Lipinski definition) is 1. The Kier molecular flexibility index (Phi) is 3.96. The second-order valence-electron chi connectivity index (χ2n) is 3.98. The fourth-order valence-corrected chi connectivity index (χ4v) is 2.95. The van der Waals surface area contributed by atoms with E-state index in [9.17, 15) is 13.2 Å². The van der Waals surface area contributed by atoms with Crippen molar-refractivity contribution in [3.05, 3.63) is 32.2 Å². The number of aromatic nitrogens is 2. The van der Waals surface area contributed by atoms with Gasteiger partial charge in [0.1, 0.15) is 0 Å². The Labute approximate surface area is 130 Å². The summed E-state index contributed by atoms with van der Waals surface area (Å²) in [5.74, 6) is 0.189. The monoisotopic (exact) mass is 387 g/mol. The number of alkyl halides is 3. The molecule has 1 heterocycles. The van der Waals surface area contributed by atoms with Crippen molar-refractivity contribution in [3.8, 4) is 11.3 Å². The molecule has 1 aromatic carbocycles. The summed E-state index contributed by atoms with van der Waals surface area (Å²) in [6, 6.07) is 1.64. The normalized spacial score (nSPS) is 11.9. The minimum Gasteiger partial charge on any atom is -0.381 e. The summed E-state index contributed by atoms with van der Waals surface area (Å²) in [6.45, 7) is 0. The Morgan fingerprint density at radius 1 is 1.25 bits per heavy atom. The first-order chi connectivity index (χ1) is 9.12. The third-order valence-electron chi connectivity index (χ3n) is 2.62. The number of rotatable bonds is 1. The van der Waals surface area contributed by atoms with E-state index in [-0.39, 0.29) is 21.4 Å². The lowest BCUT2D eigenvalue weighted by Crippen LogP contribution is -2.05. The number of hydrogen-bond acceptors (Lipinski definition) is 2. The van der Waals surface area contributed by atoms with E-state index in [0.29, 0.717) is 10.2 Å². The van der Waals surface area contributed by atoms with Gasteiger partial charge in [-0.1, -0.05) is 23.2 Å². The van der Waals surface area contributed by atoms with Gasteiger partial charge in [0.2, 0.25) is 0 Å². The highest BCUT2D eigenvalue weighted by molar-refractivity contribution is 9.10. The van der Waals surface area contributed by atoms with Crippen LogP contribution in [0.2, 0.25) is 10.0 Å². The van der Waals surface area contributed by atoms with E-state index in [2.05, 4.69) is 21.0 Å². The highest BCUT2D eigenvalue weighted by atomic mass is 79.9. The summed E-state index contributed by atoms with van der Waals surface area (Å²) in [6.07, 6.45) is -4.52. The van der Waals surface area contributed by atoms with Crippen molar-refractivity contribution in [2.45, 2.75) is 6.18 Å². The summed E-state index contributed by atoms with van der Waals surface area (Å²) in [5, 5.41) is 3.69. The van der Waals surface area contributed by atoms with E-state index in [1.807, 2.05) is 0 Å². The van der Waals surface area contributed by atoms with Gasteiger partial charge in [0, 0.05) is 12.6 Å². The average Bonchev–Trinajstić information content (AvgIpc) is 2.53. The minimum atomic E-state index is -4.52. The predicted molar refractivity (Wildman–Crippen MR) is 75.8 cm³/mol.